The molecule has 1 aliphatic heterocycles. The molecule has 7 nitrogen and oxygen atoms in total. The molecule has 3 N–H and O–H groups in total. The Bertz CT molecular complexity index is 1060. The maximum absolute atomic E-state index is 12.2. The van der Waals surface area contributed by atoms with Crippen molar-refractivity contribution in [1.82, 2.24) is 10.1 Å². The molecule has 0 bridgehead atoms. The van der Waals surface area contributed by atoms with Crippen LogP contribution in [-0.4, -0.2) is 25.6 Å². The summed E-state index contributed by atoms with van der Waals surface area (Å²) in [6.07, 6.45) is 1.26. The van der Waals surface area contributed by atoms with Crippen LogP contribution in [0.3, 0.4) is 0 Å². The minimum atomic E-state index is -3.97. The summed E-state index contributed by atoms with van der Waals surface area (Å²) in [6, 6.07) is 10.5. The van der Waals surface area contributed by atoms with Crippen molar-refractivity contribution in [2.75, 3.05) is 0 Å². The van der Waals surface area contributed by atoms with Crippen LogP contribution in [0.5, 0.6) is 0 Å². The third-order valence-corrected chi connectivity index (χ3v) is 5.43. The molecular weight excluding hydrogens is 401 g/mol. The van der Waals surface area contributed by atoms with Gasteiger partial charge in [-0.1, -0.05) is 41.4 Å². The van der Waals surface area contributed by atoms with Gasteiger partial charge in [-0.25, -0.2) is 13.8 Å². The van der Waals surface area contributed by atoms with E-state index in [0.29, 0.717) is 15.6 Å². The predicted octanol–water partition coefficient (Wildman–Crippen LogP) is 2.66. The number of fused-ring (bicyclic) bond motifs is 1. The Kier molecular flexibility index (Phi) is 4.90. The van der Waals surface area contributed by atoms with Crippen LogP contribution in [0, 0.1) is 0 Å². The summed E-state index contributed by atoms with van der Waals surface area (Å²) in [5.74, 6) is -1.42. The standard InChI is InChI=1S/C16H11Cl2N3O4S/c17-10-6-5-9(12(18)7-10)8-19-20-16(23)14-15(22)11-3-1-2-4-13(11)26(24,25)21-14/h1-8,21-22H,(H,20,23)/b19-8+. The molecular formula is C16H11Cl2N3O4S. The third-order valence-electron chi connectivity index (χ3n) is 3.46. The van der Waals surface area contributed by atoms with Crippen molar-refractivity contribution in [3.63, 3.8) is 0 Å². The zero-order chi connectivity index (χ0) is 18.9. The van der Waals surface area contributed by atoms with Gasteiger partial charge in [0.15, 0.2) is 11.5 Å². The second-order valence-electron chi connectivity index (χ2n) is 5.19. The van der Waals surface area contributed by atoms with Crippen LogP contribution in [0.25, 0.3) is 5.76 Å². The largest absolute Gasteiger partial charge is 0.505 e. The summed E-state index contributed by atoms with van der Waals surface area (Å²) in [4.78, 5) is 12.1. The van der Waals surface area contributed by atoms with Gasteiger partial charge in [-0.3, -0.25) is 9.52 Å². The highest BCUT2D eigenvalue weighted by atomic mass is 35.5. The lowest BCUT2D eigenvalue weighted by Crippen LogP contribution is -2.37. The van der Waals surface area contributed by atoms with Crippen LogP contribution >= 0.6 is 23.2 Å². The monoisotopic (exact) mass is 411 g/mol. The number of nitrogens with one attached hydrogen (secondary N) is 2. The van der Waals surface area contributed by atoms with Gasteiger partial charge in [0, 0.05) is 16.1 Å². The van der Waals surface area contributed by atoms with Crippen LogP contribution in [-0.2, 0) is 14.8 Å². The maximum atomic E-state index is 12.2. The highest BCUT2D eigenvalue weighted by Gasteiger charge is 2.32. The first-order valence-electron chi connectivity index (χ1n) is 7.13. The van der Waals surface area contributed by atoms with Gasteiger partial charge >= 0.3 is 0 Å². The van der Waals surface area contributed by atoms with Crippen molar-refractivity contribution in [3.05, 3.63) is 69.3 Å². The Hall–Kier alpha value is -2.55. The minimum Gasteiger partial charge on any atom is -0.505 e. The molecule has 0 fully saturated rings. The van der Waals surface area contributed by atoms with Gasteiger partial charge in [-0.05, 0) is 24.3 Å². The third kappa shape index (κ3) is 3.52. The topological polar surface area (TPSA) is 108 Å². The van der Waals surface area contributed by atoms with Gasteiger partial charge in [0.05, 0.1) is 16.1 Å². The number of carbonyl (C=O) groups is 1. The molecule has 1 amide bonds. The molecule has 0 saturated carbocycles. The molecule has 0 unspecified atom stereocenters. The normalized spacial score (nSPS) is 15.5. The number of halogens is 2. The first kappa shape index (κ1) is 18.2. The van der Waals surface area contributed by atoms with Crippen molar-refractivity contribution in [2.45, 2.75) is 4.90 Å². The average molecular weight is 412 g/mol. The Morgan fingerprint density at radius 3 is 2.65 bits per heavy atom. The number of hydrazone groups is 1. The van der Waals surface area contributed by atoms with E-state index in [1.165, 1.54) is 30.5 Å². The average Bonchev–Trinajstić information content (AvgIpc) is 2.60. The van der Waals surface area contributed by atoms with E-state index in [4.69, 9.17) is 23.2 Å². The lowest BCUT2D eigenvalue weighted by atomic mass is 10.1. The molecule has 2 aromatic rings. The van der Waals surface area contributed by atoms with Gasteiger partial charge in [-0.15, -0.1) is 0 Å². The molecule has 1 aliphatic rings. The van der Waals surface area contributed by atoms with E-state index in [-0.39, 0.29) is 10.5 Å². The number of nitrogens with zero attached hydrogens (tertiary/aromatic N) is 1. The molecule has 26 heavy (non-hydrogen) atoms. The number of rotatable bonds is 3. The number of carbonyl (C=O) groups excluding carboxylic acids is 1. The lowest BCUT2D eigenvalue weighted by Gasteiger charge is -2.20. The molecule has 10 heteroatoms. The summed E-state index contributed by atoms with van der Waals surface area (Å²) in [5.41, 5.74) is 2.13. The molecule has 134 valence electrons. The summed E-state index contributed by atoms with van der Waals surface area (Å²) in [7, 11) is -3.97. The number of aliphatic hydroxyl groups is 1. The molecule has 0 saturated heterocycles. The van der Waals surface area contributed by atoms with Crippen molar-refractivity contribution in [1.29, 1.82) is 0 Å². The number of aliphatic hydroxyl groups excluding tert-OH is 1. The van der Waals surface area contributed by atoms with E-state index in [1.807, 2.05) is 4.72 Å². The first-order valence-corrected chi connectivity index (χ1v) is 9.37. The Morgan fingerprint density at radius 1 is 1.19 bits per heavy atom. The molecule has 0 aliphatic carbocycles. The fourth-order valence-electron chi connectivity index (χ4n) is 2.25. The molecule has 3 rings (SSSR count). The summed E-state index contributed by atoms with van der Waals surface area (Å²) >= 11 is 11.8. The zero-order valence-electron chi connectivity index (χ0n) is 12.9. The van der Waals surface area contributed by atoms with Crippen molar-refractivity contribution in [3.8, 4) is 0 Å². The molecule has 0 aromatic heterocycles. The molecule has 0 radical (unpaired) electrons. The van der Waals surface area contributed by atoms with Crippen LogP contribution in [0.1, 0.15) is 11.1 Å². The highest BCUT2D eigenvalue weighted by molar-refractivity contribution is 7.89. The van der Waals surface area contributed by atoms with Gasteiger partial charge in [0.25, 0.3) is 15.9 Å². The second-order valence-corrected chi connectivity index (χ2v) is 7.68. The zero-order valence-corrected chi connectivity index (χ0v) is 15.2. The van der Waals surface area contributed by atoms with Gasteiger partial charge < -0.3 is 5.11 Å². The smallest absolute Gasteiger partial charge is 0.292 e. The Labute approximate surface area is 159 Å². The predicted molar refractivity (Wildman–Crippen MR) is 98.5 cm³/mol. The van der Waals surface area contributed by atoms with Crippen LogP contribution in [0.15, 0.2) is 58.2 Å². The van der Waals surface area contributed by atoms with E-state index in [1.54, 1.807) is 18.2 Å². The fourth-order valence-corrected chi connectivity index (χ4v) is 3.98. The van der Waals surface area contributed by atoms with E-state index in [0.717, 1.165) is 0 Å². The summed E-state index contributed by atoms with van der Waals surface area (Å²) in [5, 5.41) is 14.7. The molecule has 0 atom stereocenters. The maximum Gasteiger partial charge on any atom is 0.292 e. The highest BCUT2D eigenvalue weighted by Crippen LogP contribution is 2.28. The quantitative estimate of drug-likeness (QED) is 0.532. The van der Waals surface area contributed by atoms with Crippen LogP contribution in [0.4, 0.5) is 0 Å². The molecule has 0 spiro atoms. The van der Waals surface area contributed by atoms with Crippen LogP contribution < -0.4 is 10.1 Å². The summed E-state index contributed by atoms with van der Waals surface area (Å²) < 4.78 is 26.4. The Morgan fingerprint density at radius 2 is 1.92 bits per heavy atom. The molecule has 2 aromatic carbocycles. The number of hydrogen-bond acceptors (Lipinski definition) is 5. The number of amides is 1. The van der Waals surface area contributed by atoms with Gasteiger partial charge in [-0.2, -0.15) is 5.10 Å². The minimum absolute atomic E-state index is 0.0288. The number of benzene rings is 2. The second kappa shape index (κ2) is 6.99. The van der Waals surface area contributed by atoms with E-state index < -0.39 is 27.4 Å². The van der Waals surface area contributed by atoms with E-state index in [9.17, 15) is 18.3 Å². The SMILES string of the molecule is O=C(N/N=C/c1ccc(Cl)cc1Cl)C1=C(O)c2ccccc2S(=O)(=O)N1. The van der Waals surface area contributed by atoms with Crippen molar-refractivity contribution < 1.29 is 18.3 Å². The molecule has 1 heterocycles. The summed E-state index contributed by atoms with van der Waals surface area (Å²) in [6.45, 7) is 0. The lowest BCUT2D eigenvalue weighted by molar-refractivity contribution is -0.117. The van der Waals surface area contributed by atoms with Crippen LogP contribution in [0.2, 0.25) is 10.0 Å². The van der Waals surface area contributed by atoms with Gasteiger partial charge in [0.2, 0.25) is 0 Å². The van der Waals surface area contributed by atoms with Gasteiger partial charge in [0.1, 0.15) is 0 Å². The number of sulfonamides is 1. The van der Waals surface area contributed by atoms with E-state index >= 15 is 0 Å². The number of hydrogen-bond donors (Lipinski definition) is 3. The first-order chi connectivity index (χ1) is 12.3. The fraction of sp³-hybridized carbons (Fsp3) is 0. The van der Waals surface area contributed by atoms with Crippen molar-refractivity contribution >= 4 is 51.1 Å². The van der Waals surface area contributed by atoms with E-state index in [2.05, 4.69) is 10.5 Å². The van der Waals surface area contributed by atoms with Crippen molar-refractivity contribution in [2.24, 2.45) is 5.10 Å². The Balaban J connectivity index is 1.85.